The molecule has 5 heteroatoms. The van der Waals surface area contributed by atoms with Crippen molar-refractivity contribution in [1.82, 2.24) is 9.80 Å². The molecule has 0 heterocycles. The largest absolute Gasteiger partial charge is 0.329 e. The molecular weight excluding hydrogens is 350 g/mol. The second-order valence-corrected chi connectivity index (χ2v) is 7.63. The molecule has 0 saturated heterocycles. The molecule has 0 aromatic heterocycles. The maximum absolute atomic E-state index is 6.38. The fourth-order valence-electron chi connectivity index (χ4n) is 3.22. The second-order valence-electron chi connectivity index (χ2n) is 6.30. The molecule has 1 aromatic carbocycles. The van der Waals surface area contributed by atoms with Gasteiger partial charge in [0.25, 0.3) is 0 Å². The number of likely N-dealkylation sites (N-methyl/N-ethyl adjacent to an activating group) is 2. The van der Waals surface area contributed by atoms with E-state index in [0.29, 0.717) is 12.1 Å². The Labute approximate surface area is 141 Å². The highest BCUT2D eigenvalue weighted by molar-refractivity contribution is 9.10. The number of hydrogen-bond donors (Lipinski definition) is 1. The molecule has 0 radical (unpaired) electrons. The van der Waals surface area contributed by atoms with Gasteiger partial charge in [0.1, 0.15) is 0 Å². The van der Waals surface area contributed by atoms with E-state index in [1.165, 1.54) is 19.3 Å². The Morgan fingerprint density at radius 3 is 2.48 bits per heavy atom. The molecular formula is C16H25BrClN3. The van der Waals surface area contributed by atoms with Crippen molar-refractivity contribution in [3.8, 4) is 0 Å². The molecule has 0 aliphatic heterocycles. The number of rotatable bonds is 6. The highest BCUT2D eigenvalue weighted by Crippen LogP contribution is 2.38. The molecule has 1 aliphatic carbocycles. The van der Waals surface area contributed by atoms with Crippen LogP contribution >= 0.6 is 27.5 Å². The summed E-state index contributed by atoms with van der Waals surface area (Å²) in [6.07, 6.45) is 3.83. The first kappa shape index (κ1) is 17.2. The Bertz CT molecular complexity index is 488. The van der Waals surface area contributed by atoms with Crippen molar-refractivity contribution in [2.45, 2.75) is 30.8 Å². The van der Waals surface area contributed by atoms with Gasteiger partial charge in [-0.15, -0.1) is 0 Å². The van der Waals surface area contributed by atoms with Gasteiger partial charge in [0, 0.05) is 34.2 Å². The van der Waals surface area contributed by atoms with Crippen molar-refractivity contribution in [2.24, 2.45) is 5.73 Å². The normalized spacial score (nSPS) is 18.9. The van der Waals surface area contributed by atoms with E-state index in [4.69, 9.17) is 17.3 Å². The van der Waals surface area contributed by atoms with Crippen LogP contribution in [0.2, 0.25) is 5.02 Å². The number of nitrogens with two attached hydrogens (primary N) is 1. The predicted octanol–water partition coefficient (Wildman–Crippen LogP) is 3.52. The van der Waals surface area contributed by atoms with E-state index in [1.807, 2.05) is 12.1 Å². The summed E-state index contributed by atoms with van der Waals surface area (Å²) in [6.45, 7) is 1.58. The van der Waals surface area contributed by atoms with Crippen LogP contribution in [0.1, 0.15) is 30.9 Å². The predicted molar refractivity (Wildman–Crippen MR) is 93.8 cm³/mol. The Balaban J connectivity index is 2.19. The zero-order valence-corrected chi connectivity index (χ0v) is 15.4. The zero-order valence-electron chi connectivity index (χ0n) is 13.1. The van der Waals surface area contributed by atoms with Crippen molar-refractivity contribution in [3.05, 3.63) is 33.3 Å². The van der Waals surface area contributed by atoms with Crippen molar-refractivity contribution >= 4 is 27.5 Å². The summed E-state index contributed by atoms with van der Waals surface area (Å²) in [5.41, 5.74) is 7.44. The monoisotopic (exact) mass is 373 g/mol. The summed E-state index contributed by atoms with van der Waals surface area (Å²) < 4.78 is 1.04. The van der Waals surface area contributed by atoms with Crippen molar-refractivity contribution in [2.75, 3.05) is 34.2 Å². The molecule has 1 aliphatic rings. The van der Waals surface area contributed by atoms with E-state index in [0.717, 1.165) is 21.6 Å². The smallest absolute Gasteiger partial charge is 0.0483 e. The highest BCUT2D eigenvalue weighted by Gasteiger charge is 2.40. The minimum atomic E-state index is 0.146. The third kappa shape index (κ3) is 3.62. The van der Waals surface area contributed by atoms with Gasteiger partial charge >= 0.3 is 0 Å². The molecule has 1 fully saturated rings. The van der Waals surface area contributed by atoms with Crippen molar-refractivity contribution in [1.29, 1.82) is 0 Å². The first-order valence-electron chi connectivity index (χ1n) is 7.42. The van der Waals surface area contributed by atoms with Crippen LogP contribution in [0.3, 0.4) is 0 Å². The fourth-order valence-corrected chi connectivity index (χ4v) is 3.84. The molecule has 0 amide bonds. The van der Waals surface area contributed by atoms with Crippen LogP contribution in [0.5, 0.6) is 0 Å². The number of halogens is 2. The lowest BCUT2D eigenvalue weighted by Gasteiger charge is -2.50. The molecule has 0 bridgehead atoms. The number of hydrogen-bond acceptors (Lipinski definition) is 3. The lowest BCUT2D eigenvalue weighted by molar-refractivity contribution is 0.0168. The van der Waals surface area contributed by atoms with Crippen LogP contribution in [-0.4, -0.2) is 49.6 Å². The van der Waals surface area contributed by atoms with E-state index in [2.05, 4.69) is 52.9 Å². The Hall–Kier alpha value is -0.130. The van der Waals surface area contributed by atoms with Crippen molar-refractivity contribution < 1.29 is 0 Å². The summed E-state index contributed by atoms with van der Waals surface area (Å²) in [4.78, 5) is 4.72. The van der Waals surface area contributed by atoms with Gasteiger partial charge in [-0.3, -0.25) is 4.90 Å². The van der Waals surface area contributed by atoms with Gasteiger partial charge in [-0.05, 0) is 64.2 Å². The Morgan fingerprint density at radius 2 is 2.00 bits per heavy atom. The highest BCUT2D eigenvalue weighted by atomic mass is 79.9. The minimum Gasteiger partial charge on any atom is -0.329 e. The second kappa shape index (κ2) is 6.97. The van der Waals surface area contributed by atoms with Gasteiger partial charge in [0.2, 0.25) is 0 Å². The van der Waals surface area contributed by atoms with Gasteiger partial charge in [0.15, 0.2) is 0 Å². The Morgan fingerprint density at radius 1 is 1.33 bits per heavy atom. The average Bonchev–Trinajstić information content (AvgIpc) is 2.38. The van der Waals surface area contributed by atoms with Gasteiger partial charge in [-0.1, -0.05) is 27.5 Å². The minimum absolute atomic E-state index is 0.146. The van der Waals surface area contributed by atoms with E-state index in [1.54, 1.807) is 0 Å². The third-order valence-corrected chi connectivity index (χ3v) is 5.69. The quantitative estimate of drug-likeness (QED) is 0.827. The topological polar surface area (TPSA) is 32.5 Å². The standard InChI is InChI=1S/C16H25BrClN3/c1-20(2)16(7-4-8-16)11-21(3)15(10-19)13-9-12(17)5-6-14(13)18/h5-6,9,15H,4,7-8,10-11,19H2,1-3H3. The Kier molecular flexibility index (Phi) is 5.71. The van der Waals surface area contributed by atoms with Crippen LogP contribution < -0.4 is 5.73 Å². The van der Waals surface area contributed by atoms with Gasteiger partial charge in [-0.2, -0.15) is 0 Å². The van der Waals surface area contributed by atoms with Crippen LogP contribution in [-0.2, 0) is 0 Å². The lowest BCUT2D eigenvalue weighted by atomic mass is 9.75. The average molecular weight is 375 g/mol. The SMILES string of the molecule is CN(CC1(N(C)C)CCC1)C(CN)c1cc(Br)ccc1Cl. The molecule has 3 nitrogen and oxygen atoms in total. The molecule has 118 valence electrons. The van der Waals surface area contributed by atoms with Gasteiger partial charge < -0.3 is 10.6 Å². The number of nitrogens with zero attached hydrogens (tertiary/aromatic N) is 2. The molecule has 1 atom stereocenters. The molecule has 1 aromatic rings. The van der Waals surface area contributed by atoms with E-state index < -0.39 is 0 Å². The molecule has 21 heavy (non-hydrogen) atoms. The van der Waals surface area contributed by atoms with Crippen LogP contribution in [0.4, 0.5) is 0 Å². The molecule has 0 spiro atoms. The third-order valence-electron chi connectivity index (χ3n) is 4.85. The molecule has 1 unspecified atom stereocenters. The van der Waals surface area contributed by atoms with Gasteiger partial charge in [-0.25, -0.2) is 0 Å². The lowest BCUT2D eigenvalue weighted by Crippen LogP contribution is -2.57. The van der Waals surface area contributed by atoms with E-state index >= 15 is 0 Å². The van der Waals surface area contributed by atoms with Crippen LogP contribution in [0.25, 0.3) is 0 Å². The summed E-state index contributed by atoms with van der Waals surface area (Å²) in [7, 11) is 6.51. The summed E-state index contributed by atoms with van der Waals surface area (Å²) in [5.74, 6) is 0. The van der Waals surface area contributed by atoms with Gasteiger partial charge in [0.05, 0.1) is 0 Å². The summed E-state index contributed by atoms with van der Waals surface area (Å²) in [5, 5.41) is 0.785. The molecule has 1 saturated carbocycles. The van der Waals surface area contributed by atoms with Crippen LogP contribution in [0, 0.1) is 0 Å². The maximum atomic E-state index is 6.38. The van der Waals surface area contributed by atoms with E-state index in [-0.39, 0.29) is 6.04 Å². The molecule has 2 N–H and O–H groups in total. The maximum Gasteiger partial charge on any atom is 0.0483 e. The molecule has 2 rings (SSSR count). The first-order valence-corrected chi connectivity index (χ1v) is 8.59. The summed E-state index contributed by atoms with van der Waals surface area (Å²) in [6, 6.07) is 6.13. The zero-order chi connectivity index (χ0) is 15.6. The number of benzene rings is 1. The van der Waals surface area contributed by atoms with E-state index in [9.17, 15) is 0 Å². The van der Waals surface area contributed by atoms with Crippen LogP contribution in [0.15, 0.2) is 22.7 Å². The summed E-state index contributed by atoms with van der Waals surface area (Å²) >= 11 is 9.91. The first-order chi connectivity index (χ1) is 9.89. The van der Waals surface area contributed by atoms with Crippen molar-refractivity contribution in [3.63, 3.8) is 0 Å². The fraction of sp³-hybridized carbons (Fsp3) is 0.625.